The van der Waals surface area contributed by atoms with Crippen molar-refractivity contribution in [2.45, 2.75) is 31.0 Å². The van der Waals surface area contributed by atoms with Crippen LogP contribution in [0.3, 0.4) is 0 Å². The Bertz CT molecular complexity index is 128. The van der Waals surface area contributed by atoms with Gasteiger partial charge in [-0.05, 0) is 0 Å². The molecule has 3 unspecified atom stereocenters. The molecule has 11 heavy (non-hydrogen) atoms. The first kappa shape index (κ1) is 8.89. The van der Waals surface area contributed by atoms with E-state index in [4.69, 9.17) is 20.4 Å². The Morgan fingerprint density at radius 2 is 1.82 bits per heavy atom. The van der Waals surface area contributed by atoms with E-state index in [1.165, 1.54) is 0 Å². The van der Waals surface area contributed by atoms with Crippen molar-refractivity contribution in [3.05, 3.63) is 0 Å². The van der Waals surface area contributed by atoms with E-state index in [1.807, 2.05) is 0 Å². The molecule has 1 heterocycles. The summed E-state index contributed by atoms with van der Waals surface area (Å²) in [4.78, 5) is 0. The van der Waals surface area contributed by atoms with Gasteiger partial charge in [0.05, 0.1) is 12.7 Å². The third-order valence-electron chi connectivity index (χ3n) is 1.74. The van der Waals surface area contributed by atoms with Gasteiger partial charge in [0.25, 0.3) is 0 Å². The highest BCUT2D eigenvalue weighted by Crippen LogP contribution is 2.18. The van der Waals surface area contributed by atoms with E-state index in [0.29, 0.717) is 0 Å². The largest absolute Gasteiger partial charge is 0.394 e. The molecule has 0 spiro atoms. The Morgan fingerprint density at radius 1 is 1.18 bits per heavy atom. The molecule has 4 atom stereocenters. The van der Waals surface area contributed by atoms with Crippen LogP contribution in [0.2, 0.25) is 0 Å². The molecule has 5 heteroatoms. The van der Waals surface area contributed by atoms with Crippen LogP contribution in [0.1, 0.15) is 6.42 Å². The fourth-order valence-electron chi connectivity index (χ4n) is 1.04. The average Bonchev–Trinajstić information content (AvgIpc) is 1.97. The highest BCUT2D eigenvalue weighted by molar-refractivity contribution is 4.79. The second kappa shape index (κ2) is 3.46. The monoisotopic (exact) mass is 164 g/mol. The molecule has 0 bridgehead atoms. The second-order valence-corrected chi connectivity index (χ2v) is 2.62. The van der Waals surface area contributed by atoms with E-state index in [9.17, 15) is 0 Å². The Hall–Kier alpha value is -0.200. The van der Waals surface area contributed by atoms with E-state index in [-0.39, 0.29) is 13.0 Å². The maximum Gasteiger partial charge on any atom is 0.181 e. The number of aliphatic hydroxyl groups is 4. The predicted molar refractivity (Wildman–Crippen MR) is 34.6 cm³/mol. The quantitative estimate of drug-likeness (QED) is 0.353. The molecule has 1 rings (SSSR count). The van der Waals surface area contributed by atoms with E-state index >= 15 is 0 Å². The maximum atomic E-state index is 9.10. The molecule has 1 fully saturated rings. The van der Waals surface area contributed by atoms with Gasteiger partial charge in [-0.3, -0.25) is 0 Å². The number of hydrogen-bond acceptors (Lipinski definition) is 5. The van der Waals surface area contributed by atoms with Gasteiger partial charge in [0, 0.05) is 6.42 Å². The lowest BCUT2D eigenvalue weighted by molar-refractivity contribution is -0.251. The maximum absolute atomic E-state index is 9.10. The topological polar surface area (TPSA) is 90.2 Å². The van der Waals surface area contributed by atoms with Crippen molar-refractivity contribution in [3.8, 4) is 0 Å². The number of hydrogen-bond donors (Lipinski definition) is 4. The van der Waals surface area contributed by atoms with Crippen molar-refractivity contribution in [1.82, 2.24) is 0 Å². The fraction of sp³-hybridized carbons (Fsp3) is 1.00. The summed E-state index contributed by atoms with van der Waals surface area (Å²) in [6, 6.07) is 0. The van der Waals surface area contributed by atoms with Crippen LogP contribution in [0.5, 0.6) is 0 Å². The lowest BCUT2D eigenvalue weighted by Gasteiger charge is -2.33. The first-order valence-electron chi connectivity index (χ1n) is 3.45. The first-order valence-corrected chi connectivity index (χ1v) is 3.45. The van der Waals surface area contributed by atoms with Gasteiger partial charge in [0.1, 0.15) is 12.2 Å². The molecule has 0 saturated carbocycles. The van der Waals surface area contributed by atoms with Crippen LogP contribution in [0.4, 0.5) is 0 Å². The van der Waals surface area contributed by atoms with Gasteiger partial charge >= 0.3 is 0 Å². The van der Waals surface area contributed by atoms with Gasteiger partial charge < -0.3 is 25.2 Å². The van der Waals surface area contributed by atoms with Gasteiger partial charge in [0.2, 0.25) is 0 Å². The molecular formula is C6H12O5. The molecule has 1 saturated heterocycles. The fourth-order valence-corrected chi connectivity index (χ4v) is 1.04. The number of rotatable bonds is 1. The third kappa shape index (κ3) is 1.88. The zero-order chi connectivity index (χ0) is 8.43. The lowest BCUT2D eigenvalue weighted by atomic mass is 10.0. The molecule has 1 aliphatic rings. The zero-order valence-electron chi connectivity index (χ0n) is 5.92. The molecule has 0 radical (unpaired) electrons. The van der Waals surface area contributed by atoms with Crippen molar-refractivity contribution in [2.75, 3.05) is 6.61 Å². The van der Waals surface area contributed by atoms with Crippen molar-refractivity contribution < 1.29 is 25.2 Å². The van der Waals surface area contributed by atoms with Crippen LogP contribution in [0.25, 0.3) is 0 Å². The Balaban J connectivity index is 2.48. The number of ether oxygens (including phenoxy) is 1. The minimum atomic E-state index is -1.30. The molecule has 4 N–H and O–H groups in total. The Morgan fingerprint density at radius 3 is 2.36 bits per heavy atom. The normalized spacial score (nSPS) is 45.8. The summed E-state index contributed by atoms with van der Waals surface area (Å²) in [7, 11) is 0. The van der Waals surface area contributed by atoms with Crippen LogP contribution >= 0.6 is 0 Å². The summed E-state index contributed by atoms with van der Waals surface area (Å²) in [6.45, 7) is -0.356. The van der Waals surface area contributed by atoms with Gasteiger partial charge in [-0.25, -0.2) is 0 Å². The van der Waals surface area contributed by atoms with E-state index in [1.54, 1.807) is 0 Å². The van der Waals surface area contributed by atoms with Crippen LogP contribution in [-0.4, -0.2) is 51.6 Å². The smallest absolute Gasteiger partial charge is 0.181 e. The van der Waals surface area contributed by atoms with Crippen molar-refractivity contribution in [2.24, 2.45) is 0 Å². The van der Waals surface area contributed by atoms with Crippen LogP contribution in [-0.2, 0) is 4.74 Å². The van der Waals surface area contributed by atoms with Gasteiger partial charge in [-0.2, -0.15) is 0 Å². The Kier molecular flexibility index (Phi) is 2.80. The third-order valence-corrected chi connectivity index (χ3v) is 1.74. The highest BCUT2D eigenvalue weighted by atomic mass is 16.6. The standard InChI is InChI=1S/C6H12O5/c7-2-5-3(8)1-4(9)6(10)11-5/h3-10H,1-2H2/t3-,4?,5?,6?/m1/s1. The zero-order valence-corrected chi connectivity index (χ0v) is 5.92. The lowest BCUT2D eigenvalue weighted by Crippen LogP contribution is -2.48. The van der Waals surface area contributed by atoms with Gasteiger partial charge in [-0.15, -0.1) is 0 Å². The minimum Gasteiger partial charge on any atom is -0.394 e. The number of aliphatic hydroxyl groups excluding tert-OH is 4. The van der Waals surface area contributed by atoms with Gasteiger partial charge in [-0.1, -0.05) is 0 Å². The van der Waals surface area contributed by atoms with E-state index in [0.717, 1.165) is 0 Å². The van der Waals surface area contributed by atoms with Crippen molar-refractivity contribution >= 4 is 0 Å². The average molecular weight is 164 g/mol. The van der Waals surface area contributed by atoms with Crippen LogP contribution in [0.15, 0.2) is 0 Å². The summed E-state index contributed by atoms with van der Waals surface area (Å²) in [5, 5.41) is 35.5. The van der Waals surface area contributed by atoms with E-state index < -0.39 is 24.6 Å². The molecule has 0 aliphatic carbocycles. The Labute approximate surface area is 63.8 Å². The van der Waals surface area contributed by atoms with Crippen LogP contribution in [0, 0.1) is 0 Å². The highest BCUT2D eigenvalue weighted by Gasteiger charge is 2.34. The summed E-state index contributed by atoms with van der Waals surface area (Å²) in [5.74, 6) is 0. The van der Waals surface area contributed by atoms with Crippen molar-refractivity contribution in [1.29, 1.82) is 0 Å². The van der Waals surface area contributed by atoms with Gasteiger partial charge in [0.15, 0.2) is 6.29 Å². The predicted octanol–water partition coefficient (Wildman–Crippen LogP) is -2.19. The summed E-state index contributed by atoms with van der Waals surface area (Å²) in [6.07, 6.45) is -4.01. The first-order chi connectivity index (χ1) is 5.15. The second-order valence-electron chi connectivity index (χ2n) is 2.62. The summed E-state index contributed by atoms with van der Waals surface area (Å²) >= 11 is 0. The molecule has 5 nitrogen and oxygen atoms in total. The SMILES string of the molecule is OCC1OC(O)C(O)C[C@H]1O. The summed E-state index contributed by atoms with van der Waals surface area (Å²) in [5.41, 5.74) is 0. The molecule has 66 valence electrons. The molecular weight excluding hydrogens is 152 g/mol. The van der Waals surface area contributed by atoms with Crippen molar-refractivity contribution in [3.63, 3.8) is 0 Å². The minimum absolute atomic E-state index is 0.0341. The van der Waals surface area contributed by atoms with E-state index in [2.05, 4.69) is 4.74 Å². The molecule has 1 aliphatic heterocycles. The molecule has 0 amide bonds. The summed E-state index contributed by atoms with van der Waals surface area (Å²) < 4.78 is 4.67. The molecule has 0 aromatic carbocycles. The molecule has 0 aromatic heterocycles. The van der Waals surface area contributed by atoms with Crippen LogP contribution < -0.4 is 0 Å². The molecule has 0 aromatic rings.